The lowest BCUT2D eigenvalue weighted by atomic mass is 10.2. The third kappa shape index (κ3) is 4.53. The fourth-order valence-corrected chi connectivity index (χ4v) is 4.21. The highest BCUT2D eigenvalue weighted by atomic mass is 32.2. The van der Waals surface area contributed by atoms with Gasteiger partial charge in [-0.3, -0.25) is 4.72 Å². The molecular formula is C18H22N6O2S. The Morgan fingerprint density at radius 2 is 2.04 bits per heavy atom. The van der Waals surface area contributed by atoms with Crippen molar-refractivity contribution in [3.63, 3.8) is 0 Å². The van der Waals surface area contributed by atoms with Crippen LogP contribution in [0.5, 0.6) is 0 Å². The molecule has 0 saturated carbocycles. The normalized spacial score (nSPS) is 15.8. The number of nitrogens with one attached hydrogen (secondary N) is 1. The Morgan fingerprint density at radius 3 is 2.81 bits per heavy atom. The number of nitriles is 1. The van der Waals surface area contributed by atoms with Gasteiger partial charge in [0.2, 0.25) is 0 Å². The molecule has 1 aliphatic heterocycles. The van der Waals surface area contributed by atoms with Crippen molar-refractivity contribution in [3.05, 3.63) is 47.8 Å². The number of anilines is 2. The second kappa shape index (κ2) is 8.33. The summed E-state index contributed by atoms with van der Waals surface area (Å²) in [7, 11) is -3.70. The Hall–Kier alpha value is -2.70. The second-order valence-corrected chi connectivity index (χ2v) is 7.87. The van der Waals surface area contributed by atoms with Crippen molar-refractivity contribution < 1.29 is 8.42 Å². The molecule has 0 unspecified atom stereocenters. The summed E-state index contributed by atoms with van der Waals surface area (Å²) in [5.74, 6) is 0.927. The summed E-state index contributed by atoms with van der Waals surface area (Å²) in [5, 5.41) is 9.27. The molecule has 1 N–H and O–H groups in total. The van der Waals surface area contributed by atoms with E-state index in [1.54, 1.807) is 30.5 Å². The average Bonchev–Trinajstić information content (AvgIpc) is 2.94. The summed E-state index contributed by atoms with van der Waals surface area (Å²) < 4.78 is 29.5. The molecule has 0 atom stereocenters. The molecule has 0 aromatic carbocycles. The Morgan fingerprint density at radius 1 is 1.19 bits per heavy atom. The van der Waals surface area contributed by atoms with Gasteiger partial charge in [0.15, 0.2) is 0 Å². The van der Waals surface area contributed by atoms with Crippen molar-refractivity contribution in [2.45, 2.75) is 19.8 Å². The summed E-state index contributed by atoms with van der Waals surface area (Å²) in [4.78, 5) is 10.6. The summed E-state index contributed by atoms with van der Waals surface area (Å²) in [6.07, 6.45) is 3.02. The predicted molar refractivity (Wildman–Crippen MR) is 104 cm³/mol. The Kier molecular flexibility index (Phi) is 5.88. The van der Waals surface area contributed by atoms with E-state index in [1.807, 2.05) is 17.9 Å². The van der Waals surface area contributed by atoms with E-state index in [0.717, 1.165) is 12.1 Å². The topological polar surface area (TPSA) is 102 Å². The first-order valence-corrected chi connectivity index (χ1v) is 10.3. The lowest BCUT2D eigenvalue weighted by Gasteiger charge is -2.23. The highest BCUT2D eigenvalue weighted by molar-refractivity contribution is 7.90. The molecule has 142 valence electrons. The number of aryl methyl sites for hydroxylation is 1. The van der Waals surface area contributed by atoms with Crippen LogP contribution in [0.25, 0.3) is 0 Å². The van der Waals surface area contributed by atoms with Crippen LogP contribution in [0.3, 0.4) is 0 Å². The lowest BCUT2D eigenvalue weighted by Crippen LogP contribution is -2.39. The zero-order valence-electron chi connectivity index (χ0n) is 15.2. The van der Waals surface area contributed by atoms with Crippen LogP contribution in [-0.2, 0) is 16.6 Å². The minimum Gasteiger partial charge on any atom is -0.354 e. The molecule has 0 aliphatic carbocycles. The molecule has 27 heavy (non-hydrogen) atoms. The van der Waals surface area contributed by atoms with Gasteiger partial charge < -0.3 is 4.90 Å². The summed E-state index contributed by atoms with van der Waals surface area (Å²) in [6, 6.07) is 10.9. The number of aromatic nitrogens is 2. The zero-order valence-corrected chi connectivity index (χ0v) is 16.0. The van der Waals surface area contributed by atoms with Crippen molar-refractivity contribution >= 4 is 21.8 Å². The van der Waals surface area contributed by atoms with Crippen LogP contribution in [0, 0.1) is 11.3 Å². The van der Waals surface area contributed by atoms with Crippen LogP contribution in [0.2, 0.25) is 0 Å². The van der Waals surface area contributed by atoms with Gasteiger partial charge in [-0.25, -0.2) is 9.97 Å². The molecule has 0 spiro atoms. The highest BCUT2D eigenvalue weighted by Crippen LogP contribution is 2.19. The SMILES string of the molecule is CCc1cccc(NS(=O)(=O)N2CCCN(c3ncccc3C#N)CC2)n1. The summed E-state index contributed by atoms with van der Waals surface area (Å²) in [5.41, 5.74) is 1.32. The fourth-order valence-electron chi connectivity index (χ4n) is 3.01. The van der Waals surface area contributed by atoms with Gasteiger partial charge in [-0.2, -0.15) is 18.0 Å². The van der Waals surface area contributed by atoms with E-state index in [1.165, 1.54) is 4.31 Å². The first kappa shape index (κ1) is 19.1. The maximum absolute atomic E-state index is 12.8. The summed E-state index contributed by atoms with van der Waals surface area (Å²) >= 11 is 0. The molecular weight excluding hydrogens is 364 g/mol. The van der Waals surface area contributed by atoms with Crippen LogP contribution in [0.4, 0.5) is 11.6 Å². The van der Waals surface area contributed by atoms with Crippen LogP contribution in [0.1, 0.15) is 24.6 Å². The van der Waals surface area contributed by atoms with E-state index in [9.17, 15) is 13.7 Å². The summed E-state index contributed by atoms with van der Waals surface area (Å²) in [6.45, 7) is 3.78. The molecule has 1 saturated heterocycles. The number of pyridine rings is 2. The van der Waals surface area contributed by atoms with E-state index in [0.29, 0.717) is 49.8 Å². The Balaban J connectivity index is 1.72. The maximum atomic E-state index is 12.8. The van der Waals surface area contributed by atoms with E-state index < -0.39 is 10.2 Å². The standard InChI is InChI=1S/C18H22N6O2S/c1-2-16-7-3-8-17(21-16)22-27(25,26)24-11-5-10-23(12-13-24)18-15(14-19)6-4-9-20-18/h3-4,6-9H,2,5,10-13H2,1H3,(H,21,22). The third-order valence-corrected chi connectivity index (χ3v) is 5.92. The zero-order chi connectivity index (χ0) is 19.3. The minimum atomic E-state index is -3.70. The maximum Gasteiger partial charge on any atom is 0.302 e. The quantitative estimate of drug-likeness (QED) is 0.840. The van der Waals surface area contributed by atoms with Crippen LogP contribution in [-0.4, -0.2) is 48.9 Å². The van der Waals surface area contributed by atoms with Crippen LogP contribution < -0.4 is 9.62 Å². The van der Waals surface area contributed by atoms with Gasteiger partial charge in [-0.1, -0.05) is 13.0 Å². The van der Waals surface area contributed by atoms with Crippen LogP contribution in [0.15, 0.2) is 36.5 Å². The molecule has 0 bridgehead atoms. The molecule has 2 aromatic heterocycles. The predicted octanol–water partition coefficient (Wildman–Crippen LogP) is 1.78. The molecule has 8 nitrogen and oxygen atoms in total. The van der Waals surface area contributed by atoms with Gasteiger partial charge in [-0.05, 0) is 37.1 Å². The number of rotatable bonds is 5. The molecule has 2 aromatic rings. The smallest absolute Gasteiger partial charge is 0.302 e. The van der Waals surface area contributed by atoms with Gasteiger partial charge in [0.05, 0.1) is 5.56 Å². The molecule has 0 radical (unpaired) electrons. The monoisotopic (exact) mass is 386 g/mol. The third-order valence-electron chi connectivity index (χ3n) is 4.40. The molecule has 3 rings (SSSR count). The lowest BCUT2D eigenvalue weighted by molar-refractivity contribution is 0.437. The molecule has 1 aliphatic rings. The van der Waals surface area contributed by atoms with Gasteiger partial charge in [0, 0.05) is 38.1 Å². The average molecular weight is 386 g/mol. The van der Waals surface area contributed by atoms with Crippen molar-refractivity contribution in [1.29, 1.82) is 5.26 Å². The molecule has 9 heteroatoms. The number of hydrogen-bond donors (Lipinski definition) is 1. The minimum absolute atomic E-state index is 0.310. The van der Waals surface area contributed by atoms with Gasteiger partial charge in [0.25, 0.3) is 0 Å². The second-order valence-electron chi connectivity index (χ2n) is 6.20. The van der Waals surface area contributed by atoms with E-state index >= 15 is 0 Å². The van der Waals surface area contributed by atoms with E-state index in [2.05, 4.69) is 20.8 Å². The van der Waals surface area contributed by atoms with E-state index in [-0.39, 0.29) is 0 Å². The van der Waals surface area contributed by atoms with E-state index in [4.69, 9.17) is 0 Å². The Bertz CT molecular complexity index is 941. The fraction of sp³-hybridized carbons (Fsp3) is 0.389. The van der Waals surface area contributed by atoms with Crippen molar-refractivity contribution in [2.24, 2.45) is 0 Å². The van der Waals surface area contributed by atoms with Gasteiger partial charge >= 0.3 is 10.2 Å². The van der Waals surface area contributed by atoms with Gasteiger partial charge in [0.1, 0.15) is 17.7 Å². The molecule has 3 heterocycles. The first-order chi connectivity index (χ1) is 13.0. The van der Waals surface area contributed by atoms with Crippen molar-refractivity contribution in [3.8, 4) is 6.07 Å². The largest absolute Gasteiger partial charge is 0.354 e. The van der Waals surface area contributed by atoms with Crippen LogP contribution >= 0.6 is 0 Å². The van der Waals surface area contributed by atoms with Crippen molar-refractivity contribution in [1.82, 2.24) is 14.3 Å². The molecule has 1 fully saturated rings. The van der Waals surface area contributed by atoms with Crippen molar-refractivity contribution in [2.75, 3.05) is 35.8 Å². The number of hydrogen-bond acceptors (Lipinski definition) is 6. The first-order valence-electron chi connectivity index (χ1n) is 8.87. The number of nitrogens with zero attached hydrogens (tertiary/aromatic N) is 5. The Labute approximate surface area is 159 Å². The molecule has 0 amide bonds. The van der Waals surface area contributed by atoms with Gasteiger partial charge in [-0.15, -0.1) is 0 Å². The highest BCUT2D eigenvalue weighted by Gasteiger charge is 2.26.